The Labute approximate surface area is 110 Å². The number of nitrogens with zero attached hydrogens (tertiary/aromatic N) is 1. The molecule has 1 aromatic rings. The number of oxime groups is 1. The molecule has 7 nitrogen and oxygen atoms in total. The first-order valence-electron chi connectivity index (χ1n) is 5.60. The predicted molar refractivity (Wildman–Crippen MR) is 69.1 cm³/mol. The number of para-hydroxylation sites is 1. The van der Waals surface area contributed by atoms with Gasteiger partial charge in [-0.05, 0) is 19.1 Å². The van der Waals surface area contributed by atoms with Crippen LogP contribution in [0.2, 0.25) is 0 Å². The van der Waals surface area contributed by atoms with Crippen LogP contribution < -0.4 is 11.1 Å². The van der Waals surface area contributed by atoms with Gasteiger partial charge in [0.1, 0.15) is 5.84 Å². The third-order valence-electron chi connectivity index (χ3n) is 2.17. The van der Waals surface area contributed by atoms with E-state index in [0.29, 0.717) is 5.69 Å². The van der Waals surface area contributed by atoms with Crippen LogP contribution in [-0.2, 0) is 9.53 Å². The highest BCUT2D eigenvalue weighted by Gasteiger charge is 2.14. The summed E-state index contributed by atoms with van der Waals surface area (Å²) < 4.78 is 4.87. The molecule has 0 aliphatic heterocycles. The van der Waals surface area contributed by atoms with Crippen molar-refractivity contribution in [2.75, 3.05) is 11.9 Å². The number of hydrogen-bond donors (Lipinski definition) is 3. The molecule has 0 radical (unpaired) electrons. The molecule has 0 fully saturated rings. The van der Waals surface area contributed by atoms with Crippen molar-refractivity contribution >= 4 is 23.4 Å². The maximum absolute atomic E-state index is 11.7. The lowest BCUT2D eigenvalue weighted by Crippen LogP contribution is -2.23. The Bertz CT molecular complexity index is 500. The average Bonchev–Trinajstić information content (AvgIpc) is 2.39. The van der Waals surface area contributed by atoms with Gasteiger partial charge in [0.25, 0.3) is 0 Å². The van der Waals surface area contributed by atoms with Crippen molar-refractivity contribution in [3.8, 4) is 0 Å². The molecule has 0 saturated carbocycles. The van der Waals surface area contributed by atoms with Crippen molar-refractivity contribution < 1.29 is 19.5 Å². The molecule has 102 valence electrons. The first kappa shape index (κ1) is 14.5. The molecule has 19 heavy (non-hydrogen) atoms. The third-order valence-corrected chi connectivity index (χ3v) is 2.17. The van der Waals surface area contributed by atoms with Gasteiger partial charge in [0.05, 0.1) is 24.3 Å². The van der Waals surface area contributed by atoms with Gasteiger partial charge in [-0.15, -0.1) is 0 Å². The number of amidine groups is 1. The number of nitrogens with one attached hydrogen (secondary N) is 1. The summed E-state index contributed by atoms with van der Waals surface area (Å²) in [5, 5.41) is 13.6. The van der Waals surface area contributed by atoms with Crippen LogP contribution in [0.1, 0.15) is 23.7 Å². The van der Waals surface area contributed by atoms with Crippen LogP contribution in [0.3, 0.4) is 0 Å². The molecule has 1 aromatic carbocycles. The van der Waals surface area contributed by atoms with Crippen molar-refractivity contribution in [2.45, 2.75) is 13.3 Å². The van der Waals surface area contributed by atoms with E-state index in [1.165, 1.54) is 6.07 Å². The van der Waals surface area contributed by atoms with Gasteiger partial charge < -0.3 is 21.0 Å². The maximum atomic E-state index is 11.7. The minimum Gasteiger partial charge on any atom is -0.462 e. The zero-order valence-corrected chi connectivity index (χ0v) is 10.4. The second-order valence-electron chi connectivity index (χ2n) is 3.58. The van der Waals surface area contributed by atoms with E-state index in [-0.39, 0.29) is 24.4 Å². The van der Waals surface area contributed by atoms with Crippen LogP contribution in [0.5, 0.6) is 0 Å². The fourth-order valence-electron chi connectivity index (χ4n) is 1.37. The Balaban J connectivity index is 2.83. The van der Waals surface area contributed by atoms with E-state index in [2.05, 4.69) is 10.5 Å². The van der Waals surface area contributed by atoms with E-state index in [1.54, 1.807) is 25.1 Å². The van der Waals surface area contributed by atoms with E-state index in [1.807, 2.05) is 0 Å². The normalized spacial score (nSPS) is 10.9. The Hall–Kier alpha value is -2.57. The highest BCUT2D eigenvalue weighted by Crippen LogP contribution is 2.16. The molecule has 0 bridgehead atoms. The molecular weight excluding hydrogens is 250 g/mol. The molecule has 0 unspecified atom stereocenters. The first-order valence-corrected chi connectivity index (χ1v) is 5.60. The van der Waals surface area contributed by atoms with Crippen LogP contribution in [-0.4, -0.2) is 29.5 Å². The van der Waals surface area contributed by atoms with E-state index in [0.717, 1.165) is 0 Å². The molecule has 4 N–H and O–H groups in total. The van der Waals surface area contributed by atoms with Crippen molar-refractivity contribution in [3.05, 3.63) is 29.8 Å². The summed E-state index contributed by atoms with van der Waals surface area (Å²) in [4.78, 5) is 23.2. The standard InChI is InChI=1S/C12H15N3O4/c1-2-19-12(17)8-5-3-4-6-9(8)14-11(16)7-10(13)15-18/h3-6,18H,2,7H2,1H3,(H2,13,15)(H,14,16). The van der Waals surface area contributed by atoms with Gasteiger partial charge in [0.15, 0.2) is 0 Å². The number of anilines is 1. The van der Waals surface area contributed by atoms with Gasteiger partial charge in [0, 0.05) is 0 Å². The fourth-order valence-corrected chi connectivity index (χ4v) is 1.37. The Kier molecular flexibility index (Phi) is 5.34. The van der Waals surface area contributed by atoms with Gasteiger partial charge >= 0.3 is 5.97 Å². The molecule has 1 amide bonds. The predicted octanol–water partition coefficient (Wildman–Crippen LogP) is 0.938. The Morgan fingerprint density at radius 1 is 1.42 bits per heavy atom. The molecule has 0 saturated heterocycles. The van der Waals surface area contributed by atoms with Crippen molar-refractivity contribution in [1.82, 2.24) is 0 Å². The largest absolute Gasteiger partial charge is 0.462 e. The minimum absolute atomic E-state index is 0.217. The number of hydrogen-bond acceptors (Lipinski definition) is 5. The van der Waals surface area contributed by atoms with Crippen LogP contribution in [0.25, 0.3) is 0 Å². The summed E-state index contributed by atoms with van der Waals surface area (Å²) in [5.41, 5.74) is 5.78. The van der Waals surface area contributed by atoms with Gasteiger partial charge in [-0.1, -0.05) is 17.3 Å². The Morgan fingerprint density at radius 3 is 2.74 bits per heavy atom. The summed E-state index contributed by atoms with van der Waals surface area (Å²) in [5.74, 6) is -1.24. The van der Waals surface area contributed by atoms with Crippen LogP contribution in [0, 0.1) is 0 Å². The Morgan fingerprint density at radius 2 is 2.11 bits per heavy atom. The van der Waals surface area contributed by atoms with E-state index < -0.39 is 11.9 Å². The summed E-state index contributed by atoms with van der Waals surface area (Å²) in [6.07, 6.45) is -0.270. The van der Waals surface area contributed by atoms with Gasteiger partial charge in [-0.3, -0.25) is 4.79 Å². The molecule has 0 aliphatic carbocycles. The number of ether oxygens (including phenoxy) is 1. The van der Waals surface area contributed by atoms with Crippen LogP contribution >= 0.6 is 0 Å². The van der Waals surface area contributed by atoms with Gasteiger partial charge in [-0.2, -0.15) is 0 Å². The minimum atomic E-state index is -0.526. The zero-order valence-electron chi connectivity index (χ0n) is 10.4. The third kappa shape index (κ3) is 4.30. The highest BCUT2D eigenvalue weighted by molar-refractivity contribution is 6.07. The molecular formula is C12H15N3O4. The number of esters is 1. The molecule has 0 atom stereocenters. The highest BCUT2D eigenvalue weighted by atomic mass is 16.5. The molecule has 0 heterocycles. The lowest BCUT2D eigenvalue weighted by Gasteiger charge is -2.09. The lowest BCUT2D eigenvalue weighted by atomic mass is 10.1. The van der Waals surface area contributed by atoms with Gasteiger partial charge in [0.2, 0.25) is 5.91 Å². The monoisotopic (exact) mass is 265 g/mol. The summed E-state index contributed by atoms with van der Waals surface area (Å²) >= 11 is 0. The summed E-state index contributed by atoms with van der Waals surface area (Å²) in [6.45, 7) is 1.93. The topological polar surface area (TPSA) is 114 Å². The summed E-state index contributed by atoms with van der Waals surface area (Å²) in [7, 11) is 0. The second-order valence-corrected chi connectivity index (χ2v) is 3.58. The van der Waals surface area contributed by atoms with Crippen molar-refractivity contribution in [3.63, 3.8) is 0 Å². The smallest absolute Gasteiger partial charge is 0.340 e. The molecule has 0 aromatic heterocycles. The molecule has 0 aliphatic rings. The zero-order chi connectivity index (χ0) is 14.3. The van der Waals surface area contributed by atoms with E-state index >= 15 is 0 Å². The number of carbonyl (C=O) groups excluding carboxylic acids is 2. The van der Waals surface area contributed by atoms with Gasteiger partial charge in [-0.25, -0.2) is 4.79 Å². The lowest BCUT2D eigenvalue weighted by molar-refractivity contribution is -0.115. The molecule has 7 heteroatoms. The number of benzene rings is 1. The maximum Gasteiger partial charge on any atom is 0.340 e. The van der Waals surface area contributed by atoms with E-state index in [4.69, 9.17) is 15.7 Å². The van der Waals surface area contributed by atoms with Crippen LogP contribution in [0.4, 0.5) is 5.69 Å². The SMILES string of the molecule is CCOC(=O)c1ccccc1NC(=O)C/C(N)=N/O. The van der Waals surface area contributed by atoms with Crippen LogP contribution in [0.15, 0.2) is 29.4 Å². The number of carbonyl (C=O) groups is 2. The molecule has 0 spiro atoms. The summed E-state index contributed by atoms with van der Waals surface area (Å²) in [6, 6.07) is 6.43. The number of amides is 1. The van der Waals surface area contributed by atoms with Crippen molar-refractivity contribution in [1.29, 1.82) is 0 Å². The fraction of sp³-hybridized carbons (Fsp3) is 0.250. The number of nitrogens with two attached hydrogens (primary N) is 1. The number of rotatable bonds is 5. The van der Waals surface area contributed by atoms with Crippen molar-refractivity contribution in [2.24, 2.45) is 10.9 Å². The van der Waals surface area contributed by atoms with E-state index in [9.17, 15) is 9.59 Å². The average molecular weight is 265 g/mol. The quantitative estimate of drug-likeness (QED) is 0.241. The second kappa shape index (κ2) is 7.00. The molecule has 1 rings (SSSR count). The first-order chi connectivity index (χ1) is 9.08.